The Balaban J connectivity index is 1.52. The van der Waals surface area contributed by atoms with Gasteiger partial charge in [0, 0.05) is 13.1 Å². The smallest absolute Gasteiger partial charge is 0.243 e. The molecular formula is C28H24N2O4S2. The molecule has 6 nitrogen and oxygen atoms in total. The highest BCUT2D eigenvalue weighted by Crippen LogP contribution is 2.56. The lowest BCUT2D eigenvalue weighted by molar-refractivity contribution is 0.0531. The highest BCUT2D eigenvalue weighted by molar-refractivity contribution is 7.89. The van der Waals surface area contributed by atoms with E-state index in [9.17, 15) is 13.2 Å². The van der Waals surface area contributed by atoms with Crippen molar-refractivity contribution in [2.45, 2.75) is 17.0 Å². The van der Waals surface area contributed by atoms with Crippen molar-refractivity contribution in [2.24, 2.45) is 5.41 Å². The quantitative estimate of drug-likeness (QED) is 0.330. The summed E-state index contributed by atoms with van der Waals surface area (Å²) in [5, 5.41) is 3.67. The summed E-state index contributed by atoms with van der Waals surface area (Å²) in [7, 11) is -3.82. The molecule has 6 rings (SSSR count). The van der Waals surface area contributed by atoms with E-state index in [0.29, 0.717) is 4.88 Å². The Morgan fingerprint density at radius 3 is 2.14 bits per heavy atom. The number of rotatable bonds is 6. The monoisotopic (exact) mass is 516 g/mol. The Labute approximate surface area is 214 Å². The number of nitrogens with zero attached hydrogens (tertiary/aromatic N) is 2. The van der Waals surface area contributed by atoms with E-state index < -0.39 is 27.6 Å². The fourth-order valence-electron chi connectivity index (χ4n) is 5.36. The first kappa shape index (κ1) is 23.1. The van der Waals surface area contributed by atoms with Crippen LogP contribution in [-0.4, -0.2) is 37.7 Å². The second kappa shape index (κ2) is 8.97. The number of Topliss-reactive ketones (excluding diaryl/α,β-unsaturated/α-hetero) is 1. The molecule has 1 aromatic heterocycles. The van der Waals surface area contributed by atoms with Gasteiger partial charge in [-0.25, -0.2) is 13.5 Å². The van der Waals surface area contributed by atoms with Crippen molar-refractivity contribution in [1.82, 2.24) is 4.31 Å². The first-order chi connectivity index (χ1) is 17.5. The Morgan fingerprint density at radius 1 is 0.861 bits per heavy atom. The minimum absolute atomic E-state index is 0.0223. The lowest BCUT2D eigenvalue weighted by Gasteiger charge is -2.35. The van der Waals surface area contributed by atoms with Crippen molar-refractivity contribution in [3.63, 3.8) is 0 Å². The van der Waals surface area contributed by atoms with E-state index in [0.717, 1.165) is 11.3 Å². The lowest BCUT2D eigenvalue weighted by Crippen LogP contribution is -2.45. The number of carbonyl (C=O) groups is 1. The minimum Gasteiger partial charge on any atom is -0.292 e. The summed E-state index contributed by atoms with van der Waals surface area (Å²) < 4.78 is 28.7. The first-order valence-electron chi connectivity index (χ1n) is 11.7. The van der Waals surface area contributed by atoms with E-state index in [2.05, 4.69) is 0 Å². The molecule has 8 heteroatoms. The second-order valence-corrected chi connectivity index (χ2v) is 11.9. The summed E-state index contributed by atoms with van der Waals surface area (Å²) in [4.78, 5) is 21.7. The van der Waals surface area contributed by atoms with Gasteiger partial charge in [0.2, 0.25) is 10.0 Å². The lowest BCUT2D eigenvalue weighted by atomic mass is 9.71. The molecule has 0 amide bonds. The number of benzene rings is 3. The zero-order valence-electron chi connectivity index (χ0n) is 19.3. The summed E-state index contributed by atoms with van der Waals surface area (Å²) in [6.45, 7) is 0.107. The highest BCUT2D eigenvalue weighted by atomic mass is 32.2. The average Bonchev–Trinajstić information content (AvgIpc) is 3.65. The van der Waals surface area contributed by atoms with E-state index in [1.165, 1.54) is 15.6 Å². The molecule has 36 heavy (non-hydrogen) atoms. The van der Waals surface area contributed by atoms with Crippen molar-refractivity contribution in [3.8, 4) is 0 Å². The van der Waals surface area contributed by atoms with E-state index in [4.69, 9.17) is 4.84 Å². The predicted molar refractivity (Wildman–Crippen MR) is 139 cm³/mol. The number of fused-ring (bicyclic) bond motifs is 1. The molecule has 0 unspecified atom stereocenters. The van der Waals surface area contributed by atoms with Crippen LogP contribution in [0.2, 0.25) is 0 Å². The van der Waals surface area contributed by atoms with Crippen LogP contribution in [-0.2, 0) is 14.9 Å². The van der Waals surface area contributed by atoms with Gasteiger partial charge in [0.1, 0.15) is 11.5 Å². The van der Waals surface area contributed by atoms with Crippen LogP contribution in [0.5, 0.6) is 0 Å². The van der Waals surface area contributed by atoms with Crippen LogP contribution < -0.4 is 5.06 Å². The molecule has 0 N–H and O–H groups in total. The third-order valence-electron chi connectivity index (χ3n) is 7.02. The van der Waals surface area contributed by atoms with E-state index in [1.54, 1.807) is 41.5 Å². The van der Waals surface area contributed by atoms with Crippen molar-refractivity contribution >= 4 is 32.8 Å². The van der Waals surface area contributed by atoms with Crippen molar-refractivity contribution in [1.29, 1.82) is 0 Å². The summed E-state index contributed by atoms with van der Waals surface area (Å²) >= 11 is 1.37. The van der Waals surface area contributed by atoms with Crippen LogP contribution in [0.15, 0.2) is 113 Å². The number of thiophene rings is 1. The number of carbonyl (C=O) groups excluding carboxylic acids is 1. The van der Waals surface area contributed by atoms with Gasteiger partial charge in [-0.2, -0.15) is 4.31 Å². The van der Waals surface area contributed by atoms with Gasteiger partial charge < -0.3 is 0 Å². The van der Waals surface area contributed by atoms with Gasteiger partial charge in [0.15, 0.2) is 5.78 Å². The van der Waals surface area contributed by atoms with Gasteiger partial charge in [0.25, 0.3) is 0 Å². The van der Waals surface area contributed by atoms with Gasteiger partial charge in [-0.1, -0.05) is 72.8 Å². The molecule has 2 saturated heterocycles. The van der Waals surface area contributed by atoms with E-state index in [-0.39, 0.29) is 23.8 Å². The summed E-state index contributed by atoms with van der Waals surface area (Å²) in [6, 6.07) is 30.9. The molecule has 3 aromatic carbocycles. The summed E-state index contributed by atoms with van der Waals surface area (Å²) in [5.74, 6) is -0.0967. The standard InChI is InChI=1S/C28H24N2O4S2/c31-27(24-17-10-18-35-24)28-20-29(36(32,33)23-15-8-3-9-16-23)19-25(28)34-30(22-13-6-2-7-14-22)26(28)21-11-4-1-5-12-21/h1-18,25-26H,19-20H2/t25-,26+,28-/m0/s1. The van der Waals surface area contributed by atoms with Crippen LogP contribution in [0.1, 0.15) is 21.3 Å². The largest absolute Gasteiger partial charge is 0.292 e. The molecule has 2 aliphatic heterocycles. The maximum atomic E-state index is 14.4. The van der Waals surface area contributed by atoms with Gasteiger partial charge in [-0.3, -0.25) is 9.63 Å². The molecule has 182 valence electrons. The van der Waals surface area contributed by atoms with Crippen LogP contribution in [0.25, 0.3) is 0 Å². The van der Waals surface area contributed by atoms with Crippen molar-refractivity contribution in [2.75, 3.05) is 18.2 Å². The molecule has 0 bridgehead atoms. The zero-order chi connectivity index (χ0) is 24.8. The topological polar surface area (TPSA) is 66.9 Å². The van der Waals surface area contributed by atoms with E-state index >= 15 is 0 Å². The number of ketones is 1. The molecule has 0 radical (unpaired) electrons. The number of hydrogen-bond donors (Lipinski definition) is 0. The summed E-state index contributed by atoms with van der Waals surface area (Å²) in [6.07, 6.45) is -0.656. The number of anilines is 1. The Bertz CT molecular complexity index is 1460. The molecule has 2 aliphatic rings. The second-order valence-electron chi connectivity index (χ2n) is 9.03. The van der Waals surface area contributed by atoms with Crippen LogP contribution in [0.3, 0.4) is 0 Å². The maximum Gasteiger partial charge on any atom is 0.243 e. The highest BCUT2D eigenvalue weighted by Gasteiger charge is 2.67. The molecule has 0 saturated carbocycles. The Hall–Kier alpha value is -3.30. The molecule has 3 atom stereocenters. The number of hydroxylamine groups is 1. The molecule has 4 aromatic rings. The van der Waals surface area contributed by atoms with E-state index in [1.807, 2.05) is 72.1 Å². The average molecular weight is 517 g/mol. The number of sulfonamides is 1. The van der Waals surface area contributed by atoms with Crippen LogP contribution >= 0.6 is 11.3 Å². The molecule has 2 fully saturated rings. The van der Waals surface area contributed by atoms with Crippen LogP contribution in [0, 0.1) is 5.41 Å². The summed E-state index contributed by atoms with van der Waals surface area (Å²) in [5.41, 5.74) is 0.577. The van der Waals surface area contributed by atoms with Gasteiger partial charge >= 0.3 is 0 Å². The fraction of sp³-hybridized carbons (Fsp3) is 0.179. The zero-order valence-corrected chi connectivity index (χ0v) is 20.9. The predicted octanol–water partition coefficient (Wildman–Crippen LogP) is 5.18. The number of hydrogen-bond acceptors (Lipinski definition) is 6. The van der Waals surface area contributed by atoms with Crippen LogP contribution in [0.4, 0.5) is 5.69 Å². The van der Waals surface area contributed by atoms with Gasteiger partial charge in [-0.15, -0.1) is 11.3 Å². The van der Waals surface area contributed by atoms with Crippen molar-refractivity contribution in [3.05, 3.63) is 119 Å². The fourth-order valence-corrected chi connectivity index (χ4v) is 7.63. The molecular weight excluding hydrogens is 492 g/mol. The molecule has 3 heterocycles. The molecule has 0 aliphatic carbocycles. The van der Waals surface area contributed by atoms with Gasteiger partial charge in [0.05, 0.1) is 21.5 Å². The van der Waals surface area contributed by atoms with Gasteiger partial charge in [-0.05, 0) is 41.3 Å². The third-order valence-corrected chi connectivity index (χ3v) is 9.71. The third kappa shape index (κ3) is 3.60. The maximum absolute atomic E-state index is 14.4. The van der Waals surface area contributed by atoms with Crippen molar-refractivity contribution < 1.29 is 18.0 Å². The Morgan fingerprint density at radius 2 is 1.50 bits per heavy atom. The molecule has 0 spiro atoms. The minimum atomic E-state index is -3.82. The number of para-hydroxylation sites is 1. The Kier molecular flexibility index (Phi) is 5.76. The normalized spacial score (nSPS) is 24.1. The SMILES string of the molecule is O=C(c1cccs1)[C@@]12CN(S(=O)(=O)c3ccccc3)C[C@@H]1ON(c1ccccc1)[C@@H]2c1ccccc1. The first-order valence-corrected chi connectivity index (χ1v) is 14.0.